The standard InChI is InChI=1S/C9H18O/c1-2-3-9(10)7-6-8-4-5-8/h8-10H,2-7H2,1H3. The smallest absolute Gasteiger partial charge is 0.0540 e. The summed E-state index contributed by atoms with van der Waals surface area (Å²) in [6, 6.07) is 0. The third-order valence-electron chi connectivity index (χ3n) is 2.23. The van der Waals surface area contributed by atoms with Gasteiger partial charge in [0.05, 0.1) is 6.10 Å². The predicted octanol–water partition coefficient (Wildman–Crippen LogP) is 2.34. The Kier molecular flexibility index (Phi) is 3.20. The highest BCUT2D eigenvalue weighted by Gasteiger charge is 2.21. The largest absolute Gasteiger partial charge is 0.393 e. The highest BCUT2D eigenvalue weighted by atomic mass is 16.3. The molecule has 1 aliphatic rings. The first-order valence-corrected chi connectivity index (χ1v) is 4.51. The van der Waals surface area contributed by atoms with Crippen LogP contribution in [-0.4, -0.2) is 11.2 Å². The van der Waals surface area contributed by atoms with Gasteiger partial charge in [0.2, 0.25) is 0 Å². The summed E-state index contributed by atoms with van der Waals surface area (Å²) in [7, 11) is 0. The van der Waals surface area contributed by atoms with Crippen molar-refractivity contribution in [2.24, 2.45) is 5.92 Å². The van der Waals surface area contributed by atoms with Crippen LogP contribution in [0.5, 0.6) is 0 Å². The molecule has 0 spiro atoms. The molecule has 0 radical (unpaired) electrons. The molecular formula is C9H18O. The molecule has 0 aromatic rings. The van der Waals surface area contributed by atoms with Crippen molar-refractivity contribution in [3.05, 3.63) is 0 Å². The first-order chi connectivity index (χ1) is 4.83. The quantitative estimate of drug-likeness (QED) is 0.624. The van der Waals surface area contributed by atoms with Gasteiger partial charge in [-0.15, -0.1) is 0 Å². The molecule has 1 fully saturated rings. The second-order valence-electron chi connectivity index (χ2n) is 3.46. The number of aliphatic hydroxyl groups excluding tert-OH is 1. The van der Waals surface area contributed by atoms with E-state index in [0.29, 0.717) is 0 Å². The van der Waals surface area contributed by atoms with Crippen molar-refractivity contribution in [2.45, 2.75) is 51.6 Å². The van der Waals surface area contributed by atoms with Gasteiger partial charge in [-0.1, -0.05) is 26.2 Å². The van der Waals surface area contributed by atoms with E-state index in [1.54, 1.807) is 0 Å². The van der Waals surface area contributed by atoms with Gasteiger partial charge in [-0.05, 0) is 25.2 Å². The summed E-state index contributed by atoms with van der Waals surface area (Å²) in [5.74, 6) is 0.978. The minimum absolute atomic E-state index is 0.00870. The van der Waals surface area contributed by atoms with Crippen LogP contribution < -0.4 is 0 Å². The summed E-state index contributed by atoms with van der Waals surface area (Å²) in [5, 5.41) is 9.33. The Morgan fingerprint density at radius 1 is 1.40 bits per heavy atom. The zero-order valence-electron chi connectivity index (χ0n) is 6.84. The first-order valence-electron chi connectivity index (χ1n) is 4.51. The monoisotopic (exact) mass is 142 g/mol. The van der Waals surface area contributed by atoms with Crippen molar-refractivity contribution in [2.75, 3.05) is 0 Å². The number of rotatable bonds is 5. The topological polar surface area (TPSA) is 20.2 Å². The van der Waals surface area contributed by atoms with Gasteiger partial charge in [-0.25, -0.2) is 0 Å². The Balaban J connectivity index is 1.89. The van der Waals surface area contributed by atoms with Crippen molar-refractivity contribution in [1.29, 1.82) is 0 Å². The maximum absolute atomic E-state index is 9.33. The van der Waals surface area contributed by atoms with Crippen LogP contribution in [-0.2, 0) is 0 Å². The molecule has 1 heteroatoms. The van der Waals surface area contributed by atoms with Gasteiger partial charge < -0.3 is 5.11 Å². The molecule has 0 heterocycles. The summed E-state index contributed by atoms with van der Waals surface area (Å²) in [5.41, 5.74) is 0. The van der Waals surface area contributed by atoms with Gasteiger partial charge >= 0.3 is 0 Å². The van der Waals surface area contributed by atoms with Crippen LogP contribution >= 0.6 is 0 Å². The lowest BCUT2D eigenvalue weighted by molar-refractivity contribution is 0.149. The van der Waals surface area contributed by atoms with Gasteiger partial charge in [-0.2, -0.15) is 0 Å². The molecule has 0 aromatic carbocycles. The Labute approximate surface area is 63.4 Å². The van der Waals surface area contributed by atoms with Crippen molar-refractivity contribution < 1.29 is 5.11 Å². The second kappa shape index (κ2) is 3.97. The van der Waals surface area contributed by atoms with E-state index in [4.69, 9.17) is 0 Å². The lowest BCUT2D eigenvalue weighted by Gasteiger charge is -2.06. The summed E-state index contributed by atoms with van der Waals surface area (Å²) < 4.78 is 0. The molecule has 0 bridgehead atoms. The second-order valence-corrected chi connectivity index (χ2v) is 3.46. The Morgan fingerprint density at radius 2 is 2.10 bits per heavy atom. The number of hydrogen-bond donors (Lipinski definition) is 1. The van der Waals surface area contributed by atoms with E-state index < -0.39 is 0 Å². The molecule has 1 unspecified atom stereocenters. The molecule has 10 heavy (non-hydrogen) atoms. The Bertz CT molecular complexity index is 86.7. The van der Waals surface area contributed by atoms with E-state index in [2.05, 4.69) is 6.92 Å². The summed E-state index contributed by atoms with van der Waals surface area (Å²) in [6.45, 7) is 2.13. The molecule has 0 amide bonds. The average molecular weight is 142 g/mol. The Hall–Kier alpha value is -0.0400. The van der Waals surface area contributed by atoms with Gasteiger partial charge in [-0.3, -0.25) is 0 Å². The third-order valence-corrected chi connectivity index (χ3v) is 2.23. The number of aliphatic hydroxyl groups is 1. The van der Waals surface area contributed by atoms with Crippen LogP contribution in [0.2, 0.25) is 0 Å². The van der Waals surface area contributed by atoms with Crippen molar-refractivity contribution in [1.82, 2.24) is 0 Å². The van der Waals surface area contributed by atoms with Crippen LogP contribution in [0.25, 0.3) is 0 Å². The molecule has 0 saturated heterocycles. The highest BCUT2D eigenvalue weighted by Crippen LogP contribution is 2.34. The van der Waals surface area contributed by atoms with Crippen LogP contribution in [0, 0.1) is 5.92 Å². The van der Waals surface area contributed by atoms with Gasteiger partial charge in [0.1, 0.15) is 0 Å². The minimum Gasteiger partial charge on any atom is -0.393 e. The van der Waals surface area contributed by atoms with Gasteiger partial charge in [0.15, 0.2) is 0 Å². The molecule has 1 rings (SSSR count). The van der Waals surface area contributed by atoms with E-state index in [9.17, 15) is 5.11 Å². The molecule has 0 aliphatic heterocycles. The van der Waals surface area contributed by atoms with E-state index in [1.165, 1.54) is 19.3 Å². The third kappa shape index (κ3) is 3.21. The van der Waals surface area contributed by atoms with E-state index in [0.717, 1.165) is 25.2 Å². The number of hydrogen-bond acceptors (Lipinski definition) is 1. The predicted molar refractivity (Wildman–Crippen MR) is 42.9 cm³/mol. The molecule has 1 nitrogen and oxygen atoms in total. The molecule has 1 N–H and O–H groups in total. The average Bonchev–Trinajstić information content (AvgIpc) is 2.67. The van der Waals surface area contributed by atoms with E-state index >= 15 is 0 Å². The maximum Gasteiger partial charge on any atom is 0.0540 e. The molecule has 60 valence electrons. The summed E-state index contributed by atoms with van der Waals surface area (Å²) in [6.07, 6.45) is 7.24. The fourth-order valence-corrected chi connectivity index (χ4v) is 1.31. The highest BCUT2D eigenvalue weighted by molar-refractivity contribution is 4.74. The van der Waals surface area contributed by atoms with Gasteiger partial charge in [0, 0.05) is 0 Å². The van der Waals surface area contributed by atoms with Crippen LogP contribution in [0.3, 0.4) is 0 Å². The van der Waals surface area contributed by atoms with Crippen LogP contribution in [0.15, 0.2) is 0 Å². The van der Waals surface area contributed by atoms with Crippen molar-refractivity contribution in [3.63, 3.8) is 0 Å². The fraction of sp³-hybridized carbons (Fsp3) is 1.00. The summed E-state index contributed by atoms with van der Waals surface area (Å²) in [4.78, 5) is 0. The van der Waals surface area contributed by atoms with Crippen molar-refractivity contribution >= 4 is 0 Å². The SMILES string of the molecule is CCCC(O)CCC1CC1. The maximum atomic E-state index is 9.33. The molecule has 1 atom stereocenters. The lowest BCUT2D eigenvalue weighted by atomic mass is 10.1. The Morgan fingerprint density at radius 3 is 2.60 bits per heavy atom. The molecular weight excluding hydrogens is 124 g/mol. The first kappa shape index (κ1) is 8.06. The molecule has 1 saturated carbocycles. The zero-order valence-corrected chi connectivity index (χ0v) is 6.84. The van der Waals surface area contributed by atoms with Crippen molar-refractivity contribution in [3.8, 4) is 0 Å². The van der Waals surface area contributed by atoms with E-state index in [-0.39, 0.29) is 6.10 Å². The summed E-state index contributed by atoms with van der Waals surface area (Å²) >= 11 is 0. The molecule has 0 aromatic heterocycles. The fourth-order valence-electron chi connectivity index (χ4n) is 1.31. The van der Waals surface area contributed by atoms with Crippen LogP contribution in [0.4, 0.5) is 0 Å². The van der Waals surface area contributed by atoms with Gasteiger partial charge in [0.25, 0.3) is 0 Å². The normalized spacial score (nSPS) is 21.0. The van der Waals surface area contributed by atoms with Crippen LogP contribution in [0.1, 0.15) is 45.4 Å². The molecule has 1 aliphatic carbocycles. The van der Waals surface area contributed by atoms with E-state index in [1.807, 2.05) is 0 Å². The minimum atomic E-state index is -0.00870. The lowest BCUT2D eigenvalue weighted by Crippen LogP contribution is -2.05. The zero-order chi connectivity index (χ0) is 7.40.